The largest absolute Gasteiger partial charge is 0.372 e. The third-order valence-corrected chi connectivity index (χ3v) is 4.92. The van der Waals surface area contributed by atoms with Gasteiger partial charge in [-0.05, 0) is 43.7 Å². The fourth-order valence-electron chi connectivity index (χ4n) is 3.00. The number of hydrogen-bond acceptors (Lipinski definition) is 4. The molecule has 2 aromatic rings. The third-order valence-electron chi connectivity index (χ3n) is 4.18. The Labute approximate surface area is 168 Å². The van der Waals surface area contributed by atoms with E-state index in [0.717, 1.165) is 24.5 Å². The number of ether oxygens (including phenoxy) is 1. The minimum Gasteiger partial charge on any atom is -0.372 e. The van der Waals surface area contributed by atoms with Gasteiger partial charge < -0.3 is 20.3 Å². The predicted molar refractivity (Wildman–Crippen MR) is 109 cm³/mol. The van der Waals surface area contributed by atoms with Crippen molar-refractivity contribution in [1.82, 2.24) is 10.3 Å². The number of aromatic nitrogens is 1. The first-order valence-electron chi connectivity index (χ1n) is 8.76. The first-order valence-corrected chi connectivity index (χ1v) is 9.51. The Morgan fingerprint density at radius 2 is 1.93 bits per heavy atom. The molecular formula is C19H22Cl2N4O2. The van der Waals surface area contributed by atoms with Crippen molar-refractivity contribution in [3.8, 4) is 0 Å². The lowest BCUT2D eigenvalue weighted by atomic mass is 10.2. The van der Waals surface area contributed by atoms with E-state index in [-0.39, 0.29) is 18.2 Å². The highest BCUT2D eigenvalue weighted by atomic mass is 35.5. The second-order valence-electron chi connectivity index (χ2n) is 6.62. The van der Waals surface area contributed by atoms with Gasteiger partial charge in [0, 0.05) is 31.5 Å². The fourth-order valence-corrected chi connectivity index (χ4v) is 3.30. The summed E-state index contributed by atoms with van der Waals surface area (Å²) in [7, 11) is 0. The predicted octanol–water partition coefficient (Wildman–Crippen LogP) is 4.32. The summed E-state index contributed by atoms with van der Waals surface area (Å²) in [5.41, 5.74) is 1.49. The van der Waals surface area contributed by atoms with Gasteiger partial charge in [0.1, 0.15) is 5.82 Å². The molecule has 1 aromatic heterocycles. The van der Waals surface area contributed by atoms with Crippen molar-refractivity contribution < 1.29 is 9.53 Å². The van der Waals surface area contributed by atoms with Gasteiger partial charge in [0.2, 0.25) is 0 Å². The topological polar surface area (TPSA) is 66.5 Å². The van der Waals surface area contributed by atoms with Gasteiger partial charge in [-0.1, -0.05) is 29.3 Å². The highest BCUT2D eigenvalue weighted by Crippen LogP contribution is 2.25. The van der Waals surface area contributed by atoms with Crippen molar-refractivity contribution in [2.75, 3.05) is 23.3 Å². The fraction of sp³-hybridized carbons (Fsp3) is 0.368. The summed E-state index contributed by atoms with van der Waals surface area (Å²) in [6.07, 6.45) is 2.14. The molecule has 0 saturated carbocycles. The molecule has 0 bridgehead atoms. The van der Waals surface area contributed by atoms with Crippen LogP contribution in [0.4, 0.5) is 16.3 Å². The molecule has 144 valence electrons. The van der Waals surface area contributed by atoms with Gasteiger partial charge in [0.05, 0.1) is 22.3 Å². The van der Waals surface area contributed by atoms with Crippen LogP contribution >= 0.6 is 23.2 Å². The van der Waals surface area contributed by atoms with Gasteiger partial charge in [-0.15, -0.1) is 0 Å². The molecule has 8 heteroatoms. The van der Waals surface area contributed by atoms with Crippen LogP contribution in [0.1, 0.15) is 19.4 Å². The third kappa shape index (κ3) is 5.48. The summed E-state index contributed by atoms with van der Waals surface area (Å²) in [5, 5.41) is 6.34. The first kappa shape index (κ1) is 19.7. The SMILES string of the molecule is CC1CN(c2ccc(CNC(=O)Nc3ccc(Cl)c(Cl)c3)cn2)CC(C)O1. The van der Waals surface area contributed by atoms with Crippen molar-refractivity contribution in [3.63, 3.8) is 0 Å². The molecule has 2 unspecified atom stereocenters. The number of morpholine rings is 1. The van der Waals surface area contributed by atoms with Crippen molar-refractivity contribution in [1.29, 1.82) is 0 Å². The number of anilines is 2. The van der Waals surface area contributed by atoms with Crippen LogP contribution < -0.4 is 15.5 Å². The zero-order chi connectivity index (χ0) is 19.4. The Morgan fingerprint density at radius 1 is 1.19 bits per heavy atom. The Balaban J connectivity index is 1.52. The number of carbonyl (C=O) groups excluding carboxylic acids is 1. The molecule has 6 nitrogen and oxygen atoms in total. The van der Waals surface area contributed by atoms with Crippen molar-refractivity contribution in [3.05, 3.63) is 52.1 Å². The molecule has 0 radical (unpaired) electrons. The molecule has 2 N–H and O–H groups in total. The standard InChI is InChI=1S/C19H22Cl2N4O2/c1-12-10-25(11-13(2)27-12)18-6-3-14(8-22-18)9-23-19(26)24-15-4-5-16(20)17(21)7-15/h3-8,12-13H,9-11H2,1-2H3,(H2,23,24,26). The second kappa shape index (κ2) is 8.78. The van der Waals surface area contributed by atoms with E-state index >= 15 is 0 Å². The summed E-state index contributed by atoms with van der Waals surface area (Å²) in [6, 6.07) is 8.53. The number of pyridine rings is 1. The second-order valence-corrected chi connectivity index (χ2v) is 7.44. The molecule has 27 heavy (non-hydrogen) atoms. The molecule has 1 aliphatic heterocycles. The number of nitrogens with one attached hydrogen (secondary N) is 2. The van der Waals surface area contributed by atoms with Crippen LogP contribution in [0, 0.1) is 0 Å². The van der Waals surface area contributed by atoms with E-state index in [2.05, 4.69) is 34.4 Å². The van der Waals surface area contributed by atoms with E-state index in [1.165, 1.54) is 0 Å². The lowest BCUT2D eigenvalue weighted by Gasteiger charge is -2.36. The Bertz CT molecular complexity index is 791. The van der Waals surface area contributed by atoms with Crippen LogP contribution in [-0.4, -0.2) is 36.3 Å². The zero-order valence-electron chi connectivity index (χ0n) is 15.2. The minimum absolute atomic E-state index is 0.182. The number of urea groups is 1. The average Bonchev–Trinajstić information content (AvgIpc) is 2.63. The molecule has 1 aromatic carbocycles. The maximum Gasteiger partial charge on any atom is 0.319 e. The van der Waals surface area contributed by atoms with Gasteiger partial charge in [-0.3, -0.25) is 0 Å². The lowest BCUT2D eigenvalue weighted by Crippen LogP contribution is -2.45. The molecule has 0 aliphatic carbocycles. The Kier molecular flexibility index (Phi) is 6.42. The van der Waals surface area contributed by atoms with E-state index in [4.69, 9.17) is 27.9 Å². The van der Waals surface area contributed by atoms with E-state index in [0.29, 0.717) is 22.3 Å². The van der Waals surface area contributed by atoms with Gasteiger partial charge >= 0.3 is 6.03 Å². The van der Waals surface area contributed by atoms with Crippen LogP contribution in [0.25, 0.3) is 0 Å². The van der Waals surface area contributed by atoms with Crippen LogP contribution in [0.2, 0.25) is 10.0 Å². The summed E-state index contributed by atoms with van der Waals surface area (Å²) in [5.74, 6) is 0.918. The van der Waals surface area contributed by atoms with E-state index in [1.807, 2.05) is 12.1 Å². The van der Waals surface area contributed by atoms with Crippen molar-refractivity contribution in [2.45, 2.75) is 32.6 Å². The number of hydrogen-bond donors (Lipinski definition) is 2. The molecule has 2 heterocycles. The summed E-state index contributed by atoms with van der Waals surface area (Å²) in [6.45, 7) is 6.14. The smallest absolute Gasteiger partial charge is 0.319 e. The van der Waals surface area contributed by atoms with Gasteiger partial charge in [0.15, 0.2) is 0 Å². The quantitative estimate of drug-likeness (QED) is 0.789. The van der Waals surface area contributed by atoms with Crippen LogP contribution in [0.15, 0.2) is 36.5 Å². The van der Waals surface area contributed by atoms with Crippen LogP contribution in [-0.2, 0) is 11.3 Å². The molecule has 3 rings (SSSR count). The number of halogens is 2. The highest BCUT2D eigenvalue weighted by Gasteiger charge is 2.22. The molecular weight excluding hydrogens is 387 g/mol. The van der Waals surface area contributed by atoms with E-state index in [1.54, 1.807) is 24.4 Å². The molecule has 1 fully saturated rings. The number of rotatable bonds is 4. The molecule has 2 atom stereocenters. The van der Waals surface area contributed by atoms with Crippen LogP contribution in [0.3, 0.4) is 0 Å². The number of amides is 2. The van der Waals surface area contributed by atoms with Gasteiger partial charge in [0.25, 0.3) is 0 Å². The monoisotopic (exact) mass is 408 g/mol. The van der Waals surface area contributed by atoms with E-state index in [9.17, 15) is 4.79 Å². The van der Waals surface area contributed by atoms with Crippen molar-refractivity contribution >= 4 is 40.7 Å². The molecule has 1 aliphatic rings. The number of nitrogens with zero attached hydrogens (tertiary/aromatic N) is 2. The zero-order valence-corrected chi connectivity index (χ0v) is 16.7. The van der Waals surface area contributed by atoms with E-state index < -0.39 is 0 Å². The maximum atomic E-state index is 12.0. The molecule has 2 amide bonds. The average molecular weight is 409 g/mol. The summed E-state index contributed by atoms with van der Waals surface area (Å²) >= 11 is 11.8. The maximum absolute atomic E-state index is 12.0. The Morgan fingerprint density at radius 3 is 2.56 bits per heavy atom. The summed E-state index contributed by atoms with van der Waals surface area (Å²) < 4.78 is 5.75. The van der Waals surface area contributed by atoms with Gasteiger partial charge in [-0.25, -0.2) is 9.78 Å². The number of benzene rings is 1. The normalized spacial score (nSPS) is 19.6. The molecule has 1 saturated heterocycles. The van der Waals surface area contributed by atoms with Gasteiger partial charge in [-0.2, -0.15) is 0 Å². The highest BCUT2D eigenvalue weighted by molar-refractivity contribution is 6.42. The minimum atomic E-state index is -0.326. The molecule has 0 spiro atoms. The van der Waals surface area contributed by atoms with Crippen LogP contribution in [0.5, 0.6) is 0 Å². The lowest BCUT2D eigenvalue weighted by molar-refractivity contribution is -0.00546. The first-order chi connectivity index (χ1) is 12.9. The number of carbonyl (C=O) groups is 1. The summed E-state index contributed by atoms with van der Waals surface area (Å²) in [4.78, 5) is 18.8. The Hall–Kier alpha value is -2.02. The van der Waals surface area contributed by atoms with Crippen molar-refractivity contribution in [2.24, 2.45) is 0 Å².